The molecule has 0 bridgehead atoms. The van der Waals surface area contributed by atoms with E-state index < -0.39 is 6.04 Å². The predicted molar refractivity (Wildman–Crippen MR) is 72.9 cm³/mol. The van der Waals surface area contributed by atoms with Crippen molar-refractivity contribution in [2.24, 2.45) is 0 Å². The number of ether oxygens (including phenoxy) is 2. The molecule has 108 valence electrons. The van der Waals surface area contributed by atoms with Gasteiger partial charge in [-0.3, -0.25) is 10.1 Å². The second kappa shape index (κ2) is 7.05. The molecule has 1 aliphatic heterocycles. The summed E-state index contributed by atoms with van der Waals surface area (Å²) in [7, 11) is 1.38. The largest absolute Gasteiger partial charge is 0.469 e. The third-order valence-corrected chi connectivity index (χ3v) is 3.36. The molecule has 1 heterocycles. The molecule has 1 aromatic carbocycles. The van der Waals surface area contributed by atoms with Crippen LogP contribution in [-0.2, 0) is 19.1 Å². The lowest BCUT2D eigenvalue weighted by Gasteiger charge is -2.30. The van der Waals surface area contributed by atoms with Gasteiger partial charge in [0.05, 0.1) is 7.11 Å². The van der Waals surface area contributed by atoms with Crippen LogP contribution in [0.15, 0.2) is 30.3 Å². The minimum Gasteiger partial charge on any atom is -0.469 e. The van der Waals surface area contributed by atoms with Crippen molar-refractivity contribution in [2.75, 3.05) is 13.7 Å². The molecule has 20 heavy (non-hydrogen) atoms. The molecular formula is C15H19NO4. The third-order valence-electron chi connectivity index (χ3n) is 3.36. The van der Waals surface area contributed by atoms with E-state index in [0.29, 0.717) is 19.4 Å². The first-order valence-electron chi connectivity index (χ1n) is 6.75. The lowest BCUT2D eigenvalue weighted by Crippen LogP contribution is -2.46. The Bertz CT molecular complexity index is 460. The molecule has 1 aliphatic rings. The Balaban J connectivity index is 1.88. The van der Waals surface area contributed by atoms with Crippen molar-refractivity contribution in [3.63, 3.8) is 0 Å². The maximum absolute atomic E-state index is 11.8. The van der Waals surface area contributed by atoms with E-state index in [1.54, 1.807) is 0 Å². The van der Waals surface area contributed by atoms with Gasteiger partial charge in [-0.15, -0.1) is 0 Å². The monoisotopic (exact) mass is 277 g/mol. The number of benzene rings is 1. The molecule has 5 heteroatoms. The van der Waals surface area contributed by atoms with E-state index in [2.05, 4.69) is 10.1 Å². The number of hydrogen-bond acceptors (Lipinski definition) is 5. The number of carbonyl (C=O) groups is 2. The van der Waals surface area contributed by atoms with Gasteiger partial charge < -0.3 is 9.47 Å². The van der Waals surface area contributed by atoms with Crippen LogP contribution in [0.5, 0.6) is 0 Å². The zero-order valence-electron chi connectivity index (χ0n) is 11.5. The molecule has 1 N–H and O–H groups in total. The second-order valence-corrected chi connectivity index (χ2v) is 4.81. The standard InChI is InChI=1S/C15H19NO4/c1-19-13(17)9-5-8-12-10-20-15(18)14(16-12)11-6-3-2-4-7-11/h2-4,6-7,12,14,16H,5,8-10H2,1H3/t12-,14-/m1/s1. The van der Waals surface area contributed by atoms with Crippen LogP contribution in [0.1, 0.15) is 30.9 Å². The number of nitrogens with one attached hydrogen (secondary N) is 1. The molecule has 0 amide bonds. The van der Waals surface area contributed by atoms with Crippen LogP contribution in [-0.4, -0.2) is 31.7 Å². The highest BCUT2D eigenvalue weighted by Crippen LogP contribution is 2.20. The zero-order valence-corrected chi connectivity index (χ0v) is 11.5. The molecule has 0 unspecified atom stereocenters. The fraction of sp³-hybridized carbons (Fsp3) is 0.467. The highest BCUT2D eigenvalue weighted by atomic mass is 16.5. The van der Waals surface area contributed by atoms with Crippen LogP contribution in [0.4, 0.5) is 0 Å². The quantitative estimate of drug-likeness (QED) is 0.828. The lowest BCUT2D eigenvalue weighted by atomic mass is 10.0. The van der Waals surface area contributed by atoms with E-state index >= 15 is 0 Å². The van der Waals surface area contributed by atoms with Gasteiger partial charge in [0.25, 0.3) is 0 Å². The summed E-state index contributed by atoms with van der Waals surface area (Å²) in [6.45, 7) is 0.351. The maximum Gasteiger partial charge on any atom is 0.327 e. The van der Waals surface area contributed by atoms with Gasteiger partial charge in [0.1, 0.15) is 12.6 Å². The third kappa shape index (κ3) is 3.81. The fourth-order valence-corrected chi connectivity index (χ4v) is 2.26. The van der Waals surface area contributed by atoms with Gasteiger partial charge in [-0.2, -0.15) is 0 Å². The molecule has 0 aliphatic carbocycles. The zero-order chi connectivity index (χ0) is 14.4. The van der Waals surface area contributed by atoms with Crippen molar-refractivity contribution in [3.8, 4) is 0 Å². The van der Waals surface area contributed by atoms with Gasteiger partial charge in [-0.05, 0) is 18.4 Å². The van der Waals surface area contributed by atoms with E-state index in [9.17, 15) is 9.59 Å². The predicted octanol–water partition coefficient (Wildman–Crippen LogP) is 1.59. The molecule has 1 saturated heterocycles. The minimum atomic E-state index is -0.423. The Morgan fingerprint density at radius 2 is 2.15 bits per heavy atom. The summed E-state index contributed by atoms with van der Waals surface area (Å²) in [6.07, 6.45) is 1.87. The summed E-state index contributed by atoms with van der Waals surface area (Å²) in [5, 5.41) is 3.28. The van der Waals surface area contributed by atoms with Crippen LogP contribution >= 0.6 is 0 Å². The lowest BCUT2D eigenvalue weighted by molar-refractivity contribution is -0.152. The van der Waals surface area contributed by atoms with E-state index in [1.807, 2.05) is 30.3 Å². The van der Waals surface area contributed by atoms with Gasteiger partial charge in [0.15, 0.2) is 0 Å². The molecule has 0 spiro atoms. The van der Waals surface area contributed by atoms with Crippen molar-refractivity contribution < 1.29 is 19.1 Å². The average molecular weight is 277 g/mol. The number of methoxy groups -OCH3 is 1. The SMILES string of the molecule is COC(=O)CCC[C@@H]1COC(=O)[C@@H](c2ccccc2)N1. The van der Waals surface area contributed by atoms with Crippen LogP contribution in [0, 0.1) is 0 Å². The molecule has 1 fully saturated rings. The molecule has 2 atom stereocenters. The Morgan fingerprint density at radius 3 is 2.85 bits per heavy atom. The molecule has 5 nitrogen and oxygen atoms in total. The number of rotatable bonds is 5. The van der Waals surface area contributed by atoms with E-state index in [0.717, 1.165) is 12.0 Å². The molecular weight excluding hydrogens is 258 g/mol. The van der Waals surface area contributed by atoms with Crippen molar-refractivity contribution in [2.45, 2.75) is 31.3 Å². The van der Waals surface area contributed by atoms with E-state index in [1.165, 1.54) is 7.11 Å². The minimum absolute atomic E-state index is 0.0718. The highest BCUT2D eigenvalue weighted by molar-refractivity contribution is 5.78. The van der Waals surface area contributed by atoms with Crippen molar-refractivity contribution in [3.05, 3.63) is 35.9 Å². The summed E-state index contributed by atoms with van der Waals surface area (Å²) >= 11 is 0. The number of carbonyl (C=O) groups excluding carboxylic acids is 2. The number of morpholine rings is 1. The van der Waals surface area contributed by atoms with Crippen LogP contribution in [0.3, 0.4) is 0 Å². The van der Waals surface area contributed by atoms with E-state index in [4.69, 9.17) is 4.74 Å². The molecule has 0 radical (unpaired) electrons. The molecule has 0 saturated carbocycles. The summed E-state index contributed by atoms with van der Waals surface area (Å²) in [5.41, 5.74) is 0.898. The number of hydrogen-bond donors (Lipinski definition) is 1. The number of cyclic esters (lactones) is 1. The maximum atomic E-state index is 11.8. The van der Waals surface area contributed by atoms with Crippen LogP contribution in [0.2, 0.25) is 0 Å². The first kappa shape index (κ1) is 14.5. The smallest absolute Gasteiger partial charge is 0.327 e. The van der Waals surface area contributed by atoms with Gasteiger partial charge in [0, 0.05) is 12.5 Å². The Morgan fingerprint density at radius 1 is 1.40 bits per heavy atom. The fourth-order valence-electron chi connectivity index (χ4n) is 2.26. The topological polar surface area (TPSA) is 64.6 Å². The van der Waals surface area contributed by atoms with E-state index in [-0.39, 0.29) is 18.0 Å². The Kier molecular flexibility index (Phi) is 5.12. The first-order chi connectivity index (χ1) is 9.70. The van der Waals surface area contributed by atoms with Crippen LogP contribution < -0.4 is 5.32 Å². The van der Waals surface area contributed by atoms with Crippen molar-refractivity contribution in [1.82, 2.24) is 5.32 Å². The summed E-state index contributed by atoms with van der Waals surface area (Å²) in [6, 6.07) is 9.14. The molecule has 2 rings (SSSR count). The average Bonchev–Trinajstić information content (AvgIpc) is 2.49. The molecule has 1 aromatic rings. The van der Waals surface area contributed by atoms with Gasteiger partial charge >= 0.3 is 11.9 Å². The Labute approximate surface area is 118 Å². The summed E-state index contributed by atoms with van der Waals surface area (Å²) in [5.74, 6) is -0.460. The van der Waals surface area contributed by atoms with Gasteiger partial charge in [-0.1, -0.05) is 30.3 Å². The van der Waals surface area contributed by atoms with Crippen LogP contribution in [0.25, 0.3) is 0 Å². The van der Waals surface area contributed by atoms with Gasteiger partial charge in [-0.25, -0.2) is 4.79 Å². The van der Waals surface area contributed by atoms with Crippen molar-refractivity contribution >= 4 is 11.9 Å². The second-order valence-electron chi connectivity index (χ2n) is 4.81. The molecule has 0 aromatic heterocycles. The summed E-state index contributed by atoms with van der Waals surface area (Å²) in [4.78, 5) is 22.9. The number of esters is 2. The van der Waals surface area contributed by atoms with Gasteiger partial charge in [0.2, 0.25) is 0 Å². The van der Waals surface area contributed by atoms with Crippen molar-refractivity contribution in [1.29, 1.82) is 0 Å². The normalized spacial score (nSPS) is 22.1. The highest BCUT2D eigenvalue weighted by Gasteiger charge is 2.30. The first-order valence-corrected chi connectivity index (χ1v) is 6.75. The summed E-state index contributed by atoms with van der Waals surface area (Å²) < 4.78 is 9.83. The Hall–Kier alpha value is -1.88.